The first kappa shape index (κ1) is 19.8. The van der Waals surface area contributed by atoms with Crippen LogP contribution in [0.1, 0.15) is 24.0 Å². The minimum atomic E-state index is -0.370. The highest BCUT2D eigenvalue weighted by molar-refractivity contribution is 5.87. The molecule has 0 bridgehead atoms. The summed E-state index contributed by atoms with van der Waals surface area (Å²) in [6.07, 6.45) is 5.25. The van der Waals surface area contributed by atoms with Gasteiger partial charge in [0.25, 0.3) is 5.69 Å². The lowest BCUT2D eigenvalue weighted by Gasteiger charge is -2.32. The van der Waals surface area contributed by atoms with Crippen LogP contribution in [0.5, 0.6) is 0 Å². The number of carbonyl (C=O) groups excluding carboxylic acids is 1. The van der Waals surface area contributed by atoms with E-state index in [1.165, 1.54) is 12.1 Å². The Labute approximate surface area is 164 Å². The topological polar surface area (TPSA) is 72.7 Å². The Kier molecular flexibility index (Phi) is 6.92. The molecule has 28 heavy (non-hydrogen) atoms. The molecule has 0 spiro atoms. The van der Waals surface area contributed by atoms with E-state index in [9.17, 15) is 14.9 Å². The Balaban J connectivity index is 1.47. The first-order valence-corrected chi connectivity index (χ1v) is 9.46. The van der Waals surface area contributed by atoms with Crippen molar-refractivity contribution < 1.29 is 14.5 Å². The molecule has 1 atom stereocenters. The zero-order chi connectivity index (χ0) is 19.8. The number of nitro groups is 1. The van der Waals surface area contributed by atoms with E-state index in [-0.39, 0.29) is 22.5 Å². The van der Waals surface area contributed by atoms with E-state index in [1.54, 1.807) is 18.2 Å². The summed E-state index contributed by atoms with van der Waals surface area (Å²) in [6.45, 7) is 2.82. The molecule has 1 aliphatic rings. The number of benzene rings is 2. The molecule has 1 fully saturated rings. The van der Waals surface area contributed by atoms with Crippen LogP contribution in [0.2, 0.25) is 0 Å². The zero-order valence-corrected chi connectivity index (χ0v) is 15.7. The van der Waals surface area contributed by atoms with Gasteiger partial charge >= 0.3 is 5.97 Å². The third-order valence-corrected chi connectivity index (χ3v) is 4.80. The molecule has 2 aromatic rings. The molecular weight excluding hydrogens is 356 g/mol. The number of rotatable bonds is 7. The second kappa shape index (κ2) is 9.80. The summed E-state index contributed by atoms with van der Waals surface area (Å²) >= 11 is 0. The van der Waals surface area contributed by atoms with Gasteiger partial charge in [0.2, 0.25) is 0 Å². The van der Waals surface area contributed by atoms with E-state index >= 15 is 0 Å². The zero-order valence-electron chi connectivity index (χ0n) is 15.7. The molecule has 2 aromatic carbocycles. The number of nitrogens with zero attached hydrogens (tertiary/aromatic N) is 2. The monoisotopic (exact) mass is 380 g/mol. The Hall–Kier alpha value is -2.99. The van der Waals surface area contributed by atoms with E-state index in [4.69, 9.17) is 4.74 Å². The molecule has 0 N–H and O–H groups in total. The van der Waals surface area contributed by atoms with Crippen LogP contribution >= 0.6 is 0 Å². The maximum Gasteiger partial charge on any atom is 0.330 e. The van der Waals surface area contributed by atoms with Crippen LogP contribution in [0.4, 0.5) is 5.69 Å². The molecule has 0 aliphatic carbocycles. The molecule has 1 unspecified atom stereocenters. The van der Waals surface area contributed by atoms with Crippen molar-refractivity contribution in [2.75, 3.05) is 19.7 Å². The van der Waals surface area contributed by atoms with Gasteiger partial charge in [-0.25, -0.2) is 4.79 Å². The number of non-ortho nitro benzene ring substituents is 1. The minimum absolute atomic E-state index is 0.116. The van der Waals surface area contributed by atoms with Crippen molar-refractivity contribution in [3.8, 4) is 0 Å². The molecule has 0 radical (unpaired) electrons. The van der Waals surface area contributed by atoms with Gasteiger partial charge in [0.1, 0.15) is 0 Å². The van der Waals surface area contributed by atoms with Gasteiger partial charge in [-0.05, 0) is 36.6 Å². The lowest BCUT2D eigenvalue weighted by molar-refractivity contribution is -0.384. The molecule has 6 nitrogen and oxygen atoms in total. The van der Waals surface area contributed by atoms with Gasteiger partial charge in [-0.1, -0.05) is 42.5 Å². The molecule has 0 aromatic heterocycles. The van der Waals surface area contributed by atoms with Gasteiger partial charge in [-0.3, -0.25) is 15.0 Å². The van der Waals surface area contributed by atoms with Gasteiger partial charge in [-0.2, -0.15) is 0 Å². The molecular formula is C22H24N2O4. The molecule has 0 saturated carbocycles. The van der Waals surface area contributed by atoms with Gasteiger partial charge in [0, 0.05) is 37.2 Å². The Morgan fingerprint density at radius 1 is 1.21 bits per heavy atom. The molecule has 3 rings (SSSR count). The molecule has 6 heteroatoms. The van der Waals surface area contributed by atoms with Crippen LogP contribution in [0.3, 0.4) is 0 Å². The highest BCUT2D eigenvalue weighted by Crippen LogP contribution is 2.21. The first-order valence-electron chi connectivity index (χ1n) is 9.46. The fourth-order valence-electron chi connectivity index (χ4n) is 3.43. The third-order valence-electron chi connectivity index (χ3n) is 4.80. The van der Waals surface area contributed by atoms with Crippen LogP contribution in [-0.4, -0.2) is 35.5 Å². The quantitative estimate of drug-likeness (QED) is 0.313. The molecule has 0 amide bonds. The van der Waals surface area contributed by atoms with E-state index in [0.29, 0.717) is 13.2 Å². The number of hydrogen-bond donors (Lipinski definition) is 0. The largest absolute Gasteiger partial charge is 0.462 e. The lowest BCUT2D eigenvalue weighted by Crippen LogP contribution is -2.37. The number of ether oxygens (including phenoxy) is 1. The van der Waals surface area contributed by atoms with Gasteiger partial charge in [0.15, 0.2) is 0 Å². The smallest absolute Gasteiger partial charge is 0.330 e. The van der Waals surface area contributed by atoms with Crippen molar-refractivity contribution in [1.29, 1.82) is 0 Å². The second-order valence-corrected chi connectivity index (χ2v) is 7.04. The summed E-state index contributed by atoms with van der Waals surface area (Å²) < 4.78 is 5.41. The van der Waals surface area contributed by atoms with Crippen molar-refractivity contribution in [2.24, 2.45) is 5.92 Å². The normalized spacial score (nSPS) is 17.5. The van der Waals surface area contributed by atoms with Crippen molar-refractivity contribution in [3.05, 3.63) is 81.9 Å². The highest BCUT2D eigenvalue weighted by atomic mass is 16.6. The number of nitro benzene ring substituents is 1. The van der Waals surface area contributed by atoms with E-state index in [0.717, 1.165) is 37.1 Å². The lowest BCUT2D eigenvalue weighted by atomic mass is 9.98. The Bertz CT molecular complexity index is 835. The fraction of sp³-hybridized carbons (Fsp3) is 0.318. The average Bonchev–Trinajstić information content (AvgIpc) is 2.72. The minimum Gasteiger partial charge on any atom is -0.462 e. The standard InChI is InChI=1S/C22H24N2O4/c25-22(12-11-18-6-2-1-3-7-18)28-17-20-9-5-13-23(16-20)15-19-8-4-10-21(14-19)24(26)27/h1-4,6-8,10-12,14,20H,5,9,13,15-17H2. The van der Waals surface area contributed by atoms with E-state index < -0.39 is 0 Å². The fourth-order valence-corrected chi connectivity index (χ4v) is 3.43. The van der Waals surface area contributed by atoms with Crippen LogP contribution in [-0.2, 0) is 16.1 Å². The van der Waals surface area contributed by atoms with Gasteiger partial charge < -0.3 is 4.74 Å². The number of hydrogen-bond acceptors (Lipinski definition) is 5. The maximum absolute atomic E-state index is 11.9. The number of carbonyl (C=O) groups is 1. The summed E-state index contributed by atoms with van der Waals surface area (Å²) in [5.41, 5.74) is 2.00. The molecule has 1 saturated heterocycles. The van der Waals surface area contributed by atoms with Crippen LogP contribution < -0.4 is 0 Å². The van der Waals surface area contributed by atoms with Crippen LogP contribution in [0, 0.1) is 16.0 Å². The van der Waals surface area contributed by atoms with Gasteiger partial charge in [0.05, 0.1) is 11.5 Å². The Morgan fingerprint density at radius 2 is 2.04 bits per heavy atom. The number of likely N-dealkylation sites (tertiary alicyclic amines) is 1. The molecule has 146 valence electrons. The second-order valence-electron chi connectivity index (χ2n) is 7.04. The van der Waals surface area contributed by atoms with Crippen LogP contribution in [0.25, 0.3) is 6.08 Å². The summed E-state index contributed by atoms with van der Waals surface area (Å²) in [5.74, 6) is -0.0545. The summed E-state index contributed by atoms with van der Waals surface area (Å²) in [4.78, 5) is 24.8. The Morgan fingerprint density at radius 3 is 2.82 bits per heavy atom. The third kappa shape index (κ3) is 6.03. The van der Waals surface area contributed by atoms with Crippen LogP contribution in [0.15, 0.2) is 60.7 Å². The summed E-state index contributed by atoms with van der Waals surface area (Å²) in [6, 6.07) is 16.4. The van der Waals surface area contributed by atoms with Crippen molar-refractivity contribution in [2.45, 2.75) is 19.4 Å². The van der Waals surface area contributed by atoms with Crippen molar-refractivity contribution >= 4 is 17.7 Å². The predicted molar refractivity (Wildman–Crippen MR) is 108 cm³/mol. The SMILES string of the molecule is O=C(C=Cc1ccccc1)OCC1CCCN(Cc2cccc([N+](=O)[O-])c2)C1. The maximum atomic E-state index is 11.9. The highest BCUT2D eigenvalue weighted by Gasteiger charge is 2.21. The van der Waals surface area contributed by atoms with E-state index in [1.807, 2.05) is 36.4 Å². The summed E-state index contributed by atoms with van der Waals surface area (Å²) in [5, 5.41) is 10.9. The molecule has 1 aliphatic heterocycles. The summed E-state index contributed by atoms with van der Waals surface area (Å²) in [7, 11) is 0. The average molecular weight is 380 g/mol. The van der Waals surface area contributed by atoms with Crippen molar-refractivity contribution in [1.82, 2.24) is 4.90 Å². The predicted octanol–water partition coefficient (Wildman–Crippen LogP) is 4.06. The van der Waals surface area contributed by atoms with E-state index in [2.05, 4.69) is 4.90 Å². The van der Waals surface area contributed by atoms with Crippen molar-refractivity contribution in [3.63, 3.8) is 0 Å². The van der Waals surface area contributed by atoms with Gasteiger partial charge in [-0.15, -0.1) is 0 Å². The first-order chi connectivity index (χ1) is 13.6. The molecule has 1 heterocycles. The number of piperidine rings is 1. The number of esters is 1.